The molecular weight excluding hydrogens is 406 g/mol. The van der Waals surface area contributed by atoms with Gasteiger partial charge in [0.05, 0.1) is 10.9 Å². The van der Waals surface area contributed by atoms with E-state index in [1.54, 1.807) is 11.3 Å². The molecule has 3 N–H and O–H groups in total. The van der Waals surface area contributed by atoms with E-state index in [1.165, 1.54) is 16.9 Å². The lowest BCUT2D eigenvalue weighted by atomic mass is 9.72. The molecule has 4 rings (SSSR count). The number of thiophene rings is 1. The third kappa shape index (κ3) is 4.85. The molecule has 2 aromatic rings. The van der Waals surface area contributed by atoms with Crippen molar-refractivity contribution in [3.63, 3.8) is 0 Å². The number of fused-ring (bicyclic) bond motifs is 1. The Balaban J connectivity index is 1.48. The normalized spacial score (nSPS) is 21.6. The quantitative estimate of drug-likeness (QED) is 0.715. The summed E-state index contributed by atoms with van der Waals surface area (Å²) in [4.78, 5) is 29.1. The van der Waals surface area contributed by atoms with Crippen LogP contribution < -0.4 is 11.1 Å². The van der Waals surface area contributed by atoms with Gasteiger partial charge in [-0.15, -0.1) is 11.3 Å². The maximum atomic E-state index is 13.1. The van der Waals surface area contributed by atoms with Crippen LogP contribution in [0, 0.1) is 11.3 Å². The van der Waals surface area contributed by atoms with E-state index in [1.807, 2.05) is 24.3 Å². The fraction of sp³-hybridized carbons (Fsp3) is 0.520. The molecule has 1 aliphatic carbocycles. The van der Waals surface area contributed by atoms with Crippen molar-refractivity contribution in [3.8, 4) is 0 Å². The Morgan fingerprint density at radius 1 is 1.23 bits per heavy atom. The summed E-state index contributed by atoms with van der Waals surface area (Å²) >= 11 is 1.63. The number of nitrogens with two attached hydrogens (primary N) is 1. The molecule has 31 heavy (non-hydrogen) atoms. The zero-order chi connectivity index (χ0) is 22.2. The Bertz CT molecular complexity index is 975. The van der Waals surface area contributed by atoms with E-state index in [0.717, 1.165) is 48.4 Å². The lowest BCUT2D eigenvalue weighted by Gasteiger charge is -2.33. The largest absolute Gasteiger partial charge is 0.368 e. The zero-order valence-electron chi connectivity index (χ0n) is 18.7. The Hall–Kier alpha value is -2.18. The van der Waals surface area contributed by atoms with Gasteiger partial charge in [0.25, 0.3) is 5.91 Å². The number of primary amides is 1. The second-order valence-electron chi connectivity index (χ2n) is 10.0. The van der Waals surface area contributed by atoms with Gasteiger partial charge in [-0.1, -0.05) is 39.0 Å². The lowest BCUT2D eigenvalue weighted by Crippen LogP contribution is -2.39. The van der Waals surface area contributed by atoms with Gasteiger partial charge in [0, 0.05) is 17.1 Å². The summed E-state index contributed by atoms with van der Waals surface area (Å²) in [5.41, 5.74) is 9.03. The number of carbonyl (C=O) groups excluding carboxylic acids is 2. The Morgan fingerprint density at radius 2 is 2.00 bits per heavy atom. The second-order valence-corrected chi connectivity index (χ2v) is 11.1. The summed E-state index contributed by atoms with van der Waals surface area (Å²) in [5, 5.41) is 3.12. The number of benzene rings is 1. The molecule has 2 atom stereocenters. The van der Waals surface area contributed by atoms with Gasteiger partial charge in [-0.05, 0) is 73.2 Å². The summed E-state index contributed by atoms with van der Waals surface area (Å²) in [6, 6.07) is 9.73. The fourth-order valence-electron chi connectivity index (χ4n) is 4.90. The van der Waals surface area contributed by atoms with E-state index in [2.05, 4.69) is 37.1 Å². The minimum atomic E-state index is -0.267. The number of hydrogen-bond donors (Lipinski definition) is 2. The van der Waals surface area contributed by atoms with Gasteiger partial charge in [-0.2, -0.15) is 0 Å². The van der Waals surface area contributed by atoms with Crippen LogP contribution in [0.25, 0.3) is 0 Å². The van der Waals surface area contributed by atoms with Crippen LogP contribution in [0.3, 0.4) is 0 Å². The Morgan fingerprint density at radius 3 is 2.74 bits per heavy atom. The average Bonchev–Trinajstić information content (AvgIpc) is 3.35. The zero-order valence-corrected chi connectivity index (χ0v) is 19.6. The number of anilines is 1. The molecule has 2 unspecified atom stereocenters. The number of rotatable bonds is 5. The van der Waals surface area contributed by atoms with Gasteiger partial charge < -0.3 is 11.1 Å². The summed E-state index contributed by atoms with van der Waals surface area (Å²) in [6.45, 7) is 8.38. The standard InChI is InChI=1S/C25H33N3O2S/c1-25(2,3)18-10-11-21-17(13-18)14-22(31-21)24(30)27-19-8-5-4-7-16(19)15-28-12-6-9-20(28)23(26)29/h4-5,7-8,14,18,20H,6,9-13,15H2,1-3H3,(H2,26,29)(H,27,30). The smallest absolute Gasteiger partial charge is 0.265 e. The number of para-hydroxylation sites is 1. The first-order valence-corrected chi connectivity index (χ1v) is 12.1. The highest BCUT2D eigenvalue weighted by molar-refractivity contribution is 7.14. The first-order chi connectivity index (χ1) is 14.7. The van der Waals surface area contributed by atoms with E-state index in [4.69, 9.17) is 5.73 Å². The highest BCUT2D eigenvalue weighted by Crippen LogP contribution is 2.40. The number of amides is 2. The SMILES string of the molecule is CC(C)(C)C1CCc2sc(C(=O)Nc3ccccc3CN3CCCC3C(N)=O)cc2C1. The van der Waals surface area contributed by atoms with E-state index in [0.29, 0.717) is 17.9 Å². The molecule has 6 heteroatoms. The first-order valence-electron chi connectivity index (χ1n) is 11.3. The molecule has 1 aromatic heterocycles. The van der Waals surface area contributed by atoms with Crippen LogP contribution in [0.1, 0.15) is 65.7 Å². The van der Waals surface area contributed by atoms with Gasteiger partial charge in [0.1, 0.15) is 0 Å². The Labute approximate surface area is 189 Å². The highest BCUT2D eigenvalue weighted by Gasteiger charge is 2.31. The molecule has 1 fully saturated rings. The van der Waals surface area contributed by atoms with Gasteiger partial charge in [0.15, 0.2) is 0 Å². The van der Waals surface area contributed by atoms with Gasteiger partial charge in [0.2, 0.25) is 5.91 Å². The van der Waals surface area contributed by atoms with Crippen LogP contribution in [-0.4, -0.2) is 29.3 Å². The number of nitrogens with one attached hydrogen (secondary N) is 1. The van der Waals surface area contributed by atoms with E-state index >= 15 is 0 Å². The first kappa shape index (κ1) is 22.0. The summed E-state index contributed by atoms with van der Waals surface area (Å²) in [5.74, 6) is 0.341. The highest BCUT2D eigenvalue weighted by atomic mass is 32.1. The summed E-state index contributed by atoms with van der Waals surface area (Å²) in [6.07, 6.45) is 5.09. The van der Waals surface area contributed by atoms with Gasteiger partial charge in [-0.3, -0.25) is 14.5 Å². The van der Waals surface area contributed by atoms with Crippen molar-refractivity contribution in [2.24, 2.45) is 17.1 Å². The summed E-state index contributed by atoms with van der Waals surface area (Å²) < 4.78 is 0. The van der Waals surface area contributed by atoms with Crippen molar-refractivity contribution in [2.45, 2.75) is 65.5 Å². The van der Waals surface area contributed by atoms with Crippen LogP contribution in [-0.2, 0) is 24.2 Å². The van der Waals surface area contributed by atoms with E-state index in [9.17, 15) is 9.59 Å². The molecule has 1 aliphatic heterocycles. The maximum absolute atomic E-state index is 13.1. The average molecular weight is 440 g/mol. The lowest BCUT2D eigenvalue weighted by molar-refractivity contribution is -0.122. The van der Waals surface area contributed by atoms with Crippen LogP contribution in [0.15, 0.2) is 30.3 Å². The third-order valence-corrected chi connectivity index (χ3v) is 8.10. The number of likely N-dealkylation sites (tertiary alicyclic amines) is 1. The van der Waals surface area contributed by atoms with Crippen molar-refractivity contribution in [2.75, 3.05) is 11.9 Å². The molecule has 2 amide bonds. The van der Waals surface area contributed by atoms with E-state index in [-0.39, 0.29) is 17.9 Å². The number of aryl methyl sites for hydroxylation is 1. The second kappa shape index (κ2) is 8.75. The molecule has 1 saturated heterocycles. The van der Waals surface area contributed by atoms with Gasteiger partial charge >= 0.3 is 0 Å². The van der Waals surface area contributed by atoms with Crippen molar-refractivity contribution < 1.29 is 9.59 Å². The molecule has 2 aliphatic rings. The predicted molar refractivity (Wildman–Crippen MR) is 126 cm³/mol. The minimum Gasteiger partial charge on any atom is -0.368 e. The molecule has 5 nitrogen and oxygen atoms in total. The minimum absolute atomic E-state index is 0.0490. The van der Waals surface area contributed by atoms with Crippen molar-refractivity contribution in [1.29, 1.82) is 0 Å². The molecular formula is C25H33N3O2S. The maximum Gasteiger partial charge on any atom is 0.265 e. The fourth-order valence-corrected chi connectivity index (χ4v) is 6.00. The molecule has 0 saturated carbocycles. The number of hydrogen-bond acceptors (Lipinski definition) is 4. The van der Waals surface area contributed by atoms with Crippen LogP contribution in [0.2, 0.25) is 0 Å². The van der Waals surface area contributed by atoms with E-state index < -0.39 is 0 Å². The monoisotopic (exact) mass is 439 g/mol. The number of nitrogens with zero attached hydrogens (tertiary/aromatic N) is 1. The molecule has 0 bridgehead atoms. The Kier molecular flexibility index (Phi) is 6.22. The van der Waals surface area contributed by atoms with Crippen molar-refractivity contribution >= 4 is 28.8 Å². The topological polar surface area (TPSA) is 75.4 Å². The van der Waals surface area contributed by atoms with Crippen molar-refractivity contribution in [3.05, 3.63) is 51.2 Å². The molecule has 166 valence electrons. The van der Waals surface area contributed by atoms with Crippen LogP contribution in [0.5, 0.6) is 0 Å². The van der Waals surface area contributed by atoms with Crippen molar-refractivity contribution in [1.82, 2.24) is 4.90 Å². The molecule has 1 aromatic carbocycles. The molecule has 0 radical (unpaired) electrons. The predicted octanol–water partition coefficient (Wildman–Crippen LogP) is 4.60. The summed E-state index contributed by atoms with van der Waals surface area (Å²) in [7, 11) is 0. The third-order valence-electron chi connectivity index (χ3n) is 6.86. The number of carbonyl (C=O) groups is 2. The van der Waals surface area contributed by atoms with Crippen LogP contribution >= 0.6 is 11.3 Å². The van der Waals surface area contributed by atoms with Crippen LogP contribution in [0.4, 0.5) is 5.69 Å². The van der Waals surface area contributed by atoms with Gasteiger partial charge in [-0.25, -0.2) is 0 Å². The molecule has 2 heterocycles. The molecule has 0 spiro atoms.